The minimum atomic E-state index is 0.324. The molecule has 0 spiro atoms. The summed E-state index contributed by atoms with van der Waals surface area (Å²) >= 11 is 5.20. The van der Waals surface area contributed by atoms with Crippen LogP contribution in [0.5, 0.6) is 0 Å². The van der Waals surface area contributed by atoms with E-state index in [1.54, 1.807) is 11.3 Å². The van der Waals surface area contributed by atoms with E-state index in [1.807, 2.05) is 11.9 Å². The molecule has 0 aromatic carbocycles. The van der Waals surface area contributed by atoms with Crippen LogP contribution in [0.3, 0.4) is 0 Å². The van der Waals surface area contributed by atoms with Gasteiger partial charge >= 0.3 is 0 Å². The highest BCUT2D eigenvalue weighted by Gasteiger charge is 2.51. The van der Waals surface area contributed by atoms with Crippen LogP contribution in [-0.4, -0.2) is 17.9 Å². The van der Waals surface area contributed by atoms with Gasteiger partial charge in [0.15, 0.2) is 0 Å². The second-order valence-corrected chi connectivity index (χ2v) is 9.70. The van der Waals surface area contributed by atoms with Gasteiger partial charge in [0.2, 0.25) is 5.91 Å². The van der Waals surface area contributed by atoms with Gasteiger partial charge in [-0.3, -0.25) is 4.79 Å². The summed E-state index contributed by atoms with van der Waals surface area (Å²) in [6.07, 6.45) is 6.73. The summed E-state index contributed by atoms with van der Waals surface area (Å²) in [6.45, 7) is 0.754. The van der Waals surface area contributed by atoms with Crippen LogP contribution in [0.2, 0.25) is 0 Å². The zero-order valence-corrected chi connectivity index (χ0v) is 14.8. The lowest BCUT2D eigenvalue weighted by Gasteiger charge is -2.54. The number of carbonyl (C=O) groups is 1. The number of halogens is 1. The van der Waals surface area contributed by atoms with Crippen LogP contribution in [0.1, 0.15) is 37.7 Å². The Morgan fingerprint density at radius 3 is 2.38 bits per heavy atom. The molecular weight excluding hydrogens is 346 g/mol. The summed E-state index contributed by atoms with van der Waals surface area (Å²) in [5.74, 6) is 3.98. The van der Waals surface area contributed by atoms with Gasteiger partial charge in [-0.15, -0.1) is 11.3 Å². The average Bonchev–Trinajstić information content (AvgIpc) is 2.82. The Bertz CT molecular complexity index is 527. The molecule has 0 saturated heterocycles. The summed E-state index contributed by atoms with van der Waals surface area (Å²) in [4.78, 5) is 14.9. The Kier molecular flexibility index (Phi) is 3.65. The van der Waals surface area contributed by atoms with Gasteiger partial charge in [0.25, 0.3) is 0 Å². The van der Waals surface area contributed by atoms with E-state index in [9.17, 15) is 4.79 Å². The Morgan fingerprint density at radius 1 is 1.24 bits per heavy atom. The number of nitrogens with zero attached hydrogens (tertiary/aromatic N) is 1. The SMILES string of the molecule is CN(Cc1csc(Br)c1)C(=O)C1C2CC3CC(C2)CC1C3. The standard InChI is InChI=1S/C17H22BrNOS/c1-19(8-12-7-15(18)21-9-12)17(20)16-13-3-10-2-11(5-13)6-14(16)4-10/h7,9-11,13-14,16H,2-6,8H2,1H3. The molecule has 4 bridgehead atoms. The summed E-state index contributed by atoms with van der Waals surface area (Å²) in [5, 5.41) is 2.14. The van der Waals surface area contributed by atoms with Gasteiger partial charge in [-0.25, -0.2) is 0 Å². The number of hydrogen-bond acceptors (Lipinski definition) is 2. The molecule has 114 valence electrons. The monoisotopic (exact) mass is 367 g/mol. The van der Waals surface area contributed by atoms with E-state index in [2.05, 4.69) is 27.4 Å². The second kappa shape index (κ2) is 5.38. The fourth-order valence-electron chi connectivity index (χ4n) is 5.36. The second-order valence-electron chi connectivity index (χ2n) is 7.41. The highest BCUT2D eigenvalue weighted by molar-refractivity contribution is 9.11. The molecule has 2 nitrogen and oxygen atoms in total. The van der Waals surface area contributed by atoms with Crippen molar-refractivity contribution in [3.05, 3.63) is 20.8 Å². The zero-order chi connectivity index (χ0) is 14.6. The summed E-state index contributed by atoms with van der Waals surface area (Å²) < 4.78 is 1.15. The summed E-state index contributed by atoms with van der Waals surface area (Å²) in [7, 11) is 1.99. The van der Waals surface area contributed by atoms with Gasteiger partial charge in [-0.05, 0) is 88.7 Å². The largest absolute Gasteiger partial charge is 0.341 e. The van der Waals surface area contributed by atoms with Crippen molar-refractivity contribution in [3.8, 4) is 0 Å². The van der Waals surface area contributed by atoms with E-state index in [-0.39, 0.29) is 0 Å². The van der Waals surface area contributed by atoms with Crippen molar-refractivity contribution in [2.75, 3.05) is 7.05 Å². The Hall–Kier alpha value is -0.350. The van der Waals surface area contributed by atoms with Gasteiger partial charge in [0, 0.05) is 19.5 Å². The first-order chi connectivity index (χ1) is 10.1. The van der Waals surface area contributed by atoms with E-state index in [0.717, 1.165) is 22.2 Å². The molecule has 4 heteroatoms. The number of thiophene rings is 1. The minimum Gasteiger partial charge on any atom is -0.341 e. The van der Waals surface area contributed by atoms with Crippen molar-refractivity contribution in [1.29, 1.82) is 0 Å². The minimum absolute atomic E-state index is 0.324. The van der Waals surface area contributed by atoms with E-state index in [1.165, 1.54) is 37.7 Å². The van der Waals surface area contributed by atoms with Crippen LogP contribution >= 0.6 is 27.3 Å². The van der Waals surface area contributed by atoms with E-state index >= 15 is 0 Å². The number of amides is 1. The van der Waals surface area contributed by atoms with Gasteiger partial charge < -0.3 is 4.90 Å². The quantitative estimate of drug-likeness (QED) is 0.767. The van der Waals surface area contributed by atoms with Crippen molar-refractivity contribution in [3.63, 3.8) is 0 Å². The number of rotatable bonds is 3. The predicted octanol–water partition coefficient (Wildman–Crippen LogP) is 4.54. The molecule has 0 radical (unpaired) electrons. The fourth-order valence-corrected chi connectivity index (χ4v) is 6.56. The number of hydrogen-bond donors (Lipinski definition) is 0. The van der Waals surface area contributed by atoms with Crippen molar-refractivity contribution < 1.29 is 4.79 Å². The van der Waals surface area contributed by atoms with E-state index < -0.39 is 0 Å². The molecule has 1 aromatic heterocycles. The third-order valence-corrected chi connectivity index (χ3v) is 7.48. The van der Waals surface area contributed by atoms with E-state index in [0.29, 0.717) is 23.7 Å². The Labute approximate surface area is 139 Å². The molecule has 4 aliphatic rings. The molecule has 4 saturated carbocycles. The first-order valence-corrected chi connectivity index (χ1v) is 9.75. The molecule has 0 unspecified atom stereocenters. The average molecular weight is 368 g/mol. The van der Waals surface area contributed by atoms with Crippen LogP contribution < -0.4 is 0 Å². The Balaban J connectivity index is 1.47. The molecule has 4 aliphatic carbocycles. The molecule has 0 atom stereocenters. The summed E-state index contributed by atoms with van der Waals surface area (Å²) in [5.41, 5.74) is 1.24. The van der Waals surface area contributed by atoms with Crippen molar-refractivity contribution in [1.82, 2.24) is 4.90 Å². The van der Waals surface area contributed by atoms with E-state index in [4.69, 9.17) is 0 Å². The van der Waals surface area contributed by atoms with Crippen LogP contribution in [0, 0.1) is 29.6 Å². The molecule has 0 aliphatic heterocycles. The molecular formula is C17H22BrNOS. The molecule has 21 heavy (non-hydrogen) atoms. The van der Waals surface area contributed by atoms with Crippen LogP contribution in [0.15, 0.2) is 15.2 Å². The van der Waals surface area contributed by atoms with Crippen molar-refractivity contribution in [2.24, 2.45) is 29.6 Å². The fraction of sp³-hybridized carbons (Fsp3) is 0.706. The summed E-state index contributed by atoms with van der Waals surface area (Å²) in [6, 6.07) is 2.13. The smallest absolute Gasteiger partial charge is 0.226 e. The predicted molar refractivity (Wildman–Crippen MR) is 89.0 cm³/mol. The molecule has 1 aromatic rings. The maximum absolute atomic E-state index is 13.0. The normalized spacial score (nSPS) is 37.0. The number of carbonyl (C=O) groups excluding carboxylic acids is 1. The van der Waals surface area contributed by atoms with Crippen LogP contribution in [0.25, 0.3) is 0 Å². The Morgan fingerprint density at radius 2 is 1.86 bits per heavy atom. The van der Waals surface area contributed by atoms with Crippen molar-refractivity contribution in [2.45, 2.75) is 38.6 Å². The topological polar surface area (TPSA) is 20.3 Å². The highest BCUT2D eigenvalue weighted by atomic mass is 79.9. The lowest BCUT2D eigenvalue weighted by molar-refractivity contribution is -0.148. The van der Waals surface area contributed by atoms with Gasteiger partial charge in [-0.2, -0.15) is 0 Å². The maximum atomic E-state index is 13.0. The lowest BCUT2D eigenvalue weighted by atomic mass is 9.51. The highest BCUT2D eigenvalue weighted by Crippen LogP contribution is 2.56. The van der Waals surface area contributed by atoms with Gasteiger partial charge in [0.05, 0.1) is 3.79 Å². The third-order valence-electron chi connectivity index (χ3n) is 5.93. The lowest BCUT2D eigenvalue weighted by Crippen LogP contribution is -2.51. The van der Waals surface area contributed by atoms with Crippen LogP contribution in [0.4, 0.5) is 0 Å². The molecule has 1 heterocycles. The first-order valence-electron chi connectivity index (χ1n) is 8.08. The van der Waals surface area contributed by atoms with Gasteiger partial charge in [-0.1, -0.05) is 0 Å². The molecule has 1 amide bonds. The maximum Gasteiger partial charge on any atom is 0.226 e. The van der Waals surface area contributed by atoms with Crippen molar-refractivity contribution >= 4 is 33.2 Å². The van der Waals surface area contributed by atoms with Crippen LogP contribution in [-0.2, 0) is 11.3 Å². The van der Waals surface area contributed by atoms with Gasteiger partial charge in [0.1, 0.15) is 0 Å². The molecule has 4 fully saturated rings. The zero-order valence-electron chi connectivity index (χ0n) is 12.4. The molecule has 0 N–H and O–H groups in total. The molecule has 5 rings (SSSR count). The first kappa shape index (κ1) is 14.3. The third kappa shape index (κ3) is 2.59.